The zero-order valence-electron chi connectivity index (χ0n) is 18.3. The van der Waals surface area contributed by atoms with Gasteiger partial charge in [0.2, 0.25) is 5.91 Å². The second-order valence-electron chi connectivity index (χ2n) is 9.61. The van der Waals surface area contributed by atoms with Gasteiger partial charge in [-0.25, -0.2) is 4.39 Å². The summed E-state index contributed by atoms with van der Waals surface area (Å²) in [6.45, 7) is 2.62. The first-order valence-electron chi connectivity index (χ1n) is 11.8. The molecule has 2 fully saturated rings. The first-order valence-corrected chi connectivity index (χ1v) is 11.8. The molecule has 0 spiro atoms. The molecule has 0 radical (unpaired) electrons. The number of aliphatic hydroxyl groups excluding tert-OH is 1. The van der Waals surface area contributed by atoms with Gasteiger partial charge in [0.25, 0.3) is 0 Å². The van der Waals surface area contributed by atoms with Crippen molar-refractivity contribution in [3.63, 3.8) is 0 Å². The summed E-state index contributed by atoms with van der Waals surface area (Å²) < 4.78 is 13.2. The molecule has 3 aliphatic rings. The number of anilines is 1. The van der Waals surface area contributed by atoms with Crippen molar-refractivity contribution in [2.75, 3.05) is 31.1 Å². The molecular weight excluding hydrogens is 407 g/mol. The van der Waals surface area contributed by atoms with Crippen LogP contribution in [0.4, 0.5) is 10.1 Å². The van der Waals surface area contributed by atoms with Crippen molar-refractivity contribution in [2.24, 2.45) is 5.92 Å². The van der Waals surface area contributed by atoms with E-state index in [0.29, 0.717) is 32.5 Å². The minimum atomic E-state index is -0.946. The van der Waals surface area contributed by atoms with E-state index in [1.165, 1.54) is 12.1 Å². The summed E-state index contributed by atoms with van der Waals surface area (Å²) in [6.07, 6.45) is 4.38. The van der Waals surface area contributed by atoms with E-state index >= 15 is 0 Å². The van der Waals surface area contributed by atoms with Gasteiger partial charge in [0.05, 0.1) is 11.7 Å². The van der Waals surface area contributed by atoms with Crippen LogP contribution in [-0.4, -0.2) is 47.2 Å². The largest absolute Gasteiger partial charge is 0.387 e. The summed E-state index contributed by atoms with van der Waals surface area (Å²) in [5, 5.41) is 21.9. The molecule has 2 aliphatic heterocycles. The summed E-state index contributed by atoms with van der Waals surface area (Å²) in [4.78, 5) is 16.7. The highest BCUT2D eigenvalue weighted by molar-refractivity contribution is 5.97. The number of fused-ring (bicyclic) bond motifs is 1. The van der Waals surface area contributed by atoms with Crippen molar-refractivity contribution in [1.82, 2.24) is 4.90 Å². The third-order valence-electron chi connectivity index (χ3n) is 7.30. The molecule has 1 aliphatic carbocycles. The van der Waals surface area contributed by atoms with Crippen LogP contribution < -0.4 is 4.90 Å². The number of aryl methyl sites for hydroxylation is 1. The molecule has 170 valence electrons. The first kappa shape index (κ1) is 21.6. The predicted octanol–water partition coefficient (Wildman–Crippen LogP) is 3.53. The number of likely N-dealkylation sites (tertiary alicyclic amines) is 1. The van der Waals surface area contributed by atoms with E-state index in [9.17, 15) is 19.4 Å². The topological polar surface area (TPSA) is 64.0 Å². The molecule has 2 aromatic rings. The van der Waals surface area contributed by atoms with Crippen molar-refractivity contribution in [1.29, 1.82) is 0 Å². The molecule has 2 N–H and O–H groups in total. The van der Waals surface area contributed by atoms with Crippen LogP contribution >= 0.6 is 0 Å². The van der Waals surface area contributed by atoms with E-state index in [4.69, 9.17) is 0 Å². The minimum Gasteiger partial charge on any atom is -0.387 e. The average Bonchev–Trinajstić information content (AvgIpc) is 3.65. The van der Waals surface area contributed by atoms with Gasteiger partial charge in [-0.2, -0.15) is 0 Å². The Bertz CT molecular complexity index is 981. The van der Waals surface area contributed by atoms with Gasteiger partial charge in [-0.3, -0.25) is 4.79 Å². The van der Waals surface area contributed by atoms with Crippen molar-refractivity contribution in [3.05, 3.63) is 65.0 Å². The second kappa shape index (κ2) is 8.58. The van der Waals surface area contributed by atoms with Gasteiger partial charge in [0.1, 0.15) is 5.82 Å². The maximum absolute atomic E-state index is 13.2. The number of nitrogens with zero attached hydrogens (tertiary/aromatic N) is 2. The lowest BCUT2D eigenvalue weighted by Gasteiger charge is -2.39. The molecule has 1 unspecified atom stereocenters. The Kier molecular flexibility index (Phi) is 5.78. The lowest BCUT2D eigenvalue weighted by molar-refractivity contribution is -0.119. The smallest absolute Gasteiger partial charge is 0.230 e. The Morgan fingerprint density at radius 1 is 1.09 bits per heavy atom. The third kappa shape index (κ3) is 4.32. The molecule has 1 saturated carbocycles. The van der Waals surface area contributed by atoms with E-state index in [0.717, 1.165) is 54.6 Å². The van der Waals surface area contributed by atoms with Gasteiger partial charge in [0, 0.05) is 37.8 Å². The number of piperidine rings is 1. The number of rotatable bonds is 5. The van der Waals surface area contributed by atoms with Crippen LogP contribution in [0.3, 0.4) is 0 Å². The monoisotopic (exact) mass is 438 g/mol. The van der Waals surface area contributed by atoms with Gasteiger partial charge in [0.15, 0.2) is 0 Å². The number of carbonyl (C=O) groups excluding carboxylic acids is 1. The van der Waals surface area contributed by atoms with Crippen molar-refractivity contribution < 1.29 is 19.4 Å². The summed E-state index contributed by atoms with van der Waals surface area (Å²) in [7, 11) is 0. The molecule has 32 heavy (non-hydrogen) atoms. The Morgan fingerprint density at radius 2 is 1.81 bits per heavy atom. The van der Waals surface area contributed by atoms with E-state index in [1.54, 1.807) is 12.1 Å². The number of aliphatic hydroxyl groups is 2. The number of carbonyl (C=O) groups is 1. The maximum Gasteiger partial charge on any atom is 0.230 e. The van der Waals surface area contributed by atoms with Crippen LogP contribution in [0.2, 0.25) is 0 Å². The quantitative estimate of drug-likeness (QED) is 0.750. The Morgan fingerprint density at radius 3 is 2.50 bits per heavy atom. The number of β-amino-alcohol motifs (C(OH)–C–C–N with tert-alkyl or cyclic N) is 1. The molecule has 1 amide bonds. The van der Waals surface area contributed by atoms with Gasteiger partial charge < -0.3 is 20.0 Å². The molecule has 5 rings (SSSR count). The third-order valence-corrected chi connectivity index (χ3v) is 7.30. The highest BCUT2D eigenvalue weighted by atomic mass is 19.1. The first-order chi connectivity index (χ1) is 15.4. The lowest BCUT2D eigenvalue weighted by Crippen LogP contribution is -2.44. The van der Waals surface area contributed by atoms with E-state index in [1.807, 2.05) is 17.0 Å². The van der Waals surface area contributed by atoms with Crippen molar-refractivity contribution in [2.45, 2.75) is 50.2 Å². The van der Waals surface area contributed by atoms with Gasteiger partial charge in [-0.05, 0) is 73.4 Å². The molecule has 0 bridgehead atoms. The second-order valence-corrected chi connectivity index (χ2v) is 9.61. The number of halogens is 1. The number of hydrogen-bond acceptors (Lipinski definition) is 4. The number of benzene rings is 2. The van der Waals surface area contributed by atoms with Crippen LogP contribution in [0.15, 0.2) is 42.5 Å². The molecule has 1 saturated heterocycles. The summed E-state index contributed by atoms with van der Waals surface area (Å²) in [5.41, 5.74) is 2.83. The van der Waals surface area contributed by atoms with Gasteiger partial charge >= 0.3 is 0 Å². The Balaban J connectivity index is 1.22. The molecule has 5 nitrogen and oxygen atoms in total. The molecule has 6 heteroatoms. The molecular formula is C26H31FN2O3. The highest BCUT2D eigenvalue weighted by Crippen LogP contribution is 2.37. The zero-order valence-corrected chi connectivity index (χ0v) is 18.3. The van der Waals surface area contributed by atoms with E-state index in [2.05, 4.69) is 11.0 Å². The minimum absolute atomic E-state index is 0.207. The Labute approximate surface area is 188 Å². The standard InChI is InChI=1S/C26H31FN2O3/c27-22-8-6-21(7-9-22)26(32)11-14-28(15-12-26)17-24(30)20-5-10-23-19(16-20)2-1-13-29(23)25(31)18-3-4-18/h5-10,16,18,24,30,32H,1-4,11-15,17H2. The van der Waals surface area contributed by atoms with Crippen LogP contribution in [0.25, 0.3) is 0 Å². The fraction of sp³-hybridized carbons (Fsp3) is 0.500. The zero-order chi connectivity index (χ0) is 22.3. The van der Waals surface area contributed by atoms with Crippen LogP contribution in [0.1, 0.15) is 54.9 Å². The summed E-state index contributed by atoms with van der Waals surface area (Å²) >= 11 is 0. The highest BCUT2D eigenvalue weighted by Gasteiger charge is 2.36. The summed E-state index contributed by atoms with van der Waals surface area (Å²) in [6, 6.07) is 12.1. The molecule has 2 aromatic carbocycles. The SMILES string of the molecule is O=C(C1CC1)N1CCCc2cc(C(O)CN3CCC(O)(c4ccc(F)cc4)CC3)ccc21. The normalized spacial score (nSPS) is 21.8. The molecule has 2 heterocycles. The fourth-order valence-corrected chi connectivity index (χ4v) is 5.11. The van der Waals surface area contributed by atoms with Gasteiger partial charge in [-0.15, -0.1) is 0 Å². The Hall–Kier alpha value is -2.28. The van der Waals surface area contributed by atoms with Crippen LogP contribution in [0, 0.1) is 11.7 Å². The maximum atomic E-state index is 13.2. The van der Waals surface area contributed by atoms with E-state index in [-0.39, 0.29) is 17.6 Å². The predicted molar refractivity (Wildman–Crippen MR) is 121 cm³/mol. The lowest BCUT2D eigenvalue weighted by atomic mass is 9.84. The van der Waals surface area contributed by atoms with Crippen molar-refractivity contribution in [3.8, 4) is 0 Å². The number of amides is 1. The molecule has 0 aromatic heterocycles. The van der Waals surface area contributed by atoms with Gasteiger partial charge in [-0.1, -0.05) is 24.3 Å². The van der Waals surface area contributed by atoms with Crippen LogP contribution in [-0.2, 0) is 16.8 Å². The van der Waals surface area contributed by atoms with Crippen LogP contribution in [0.5, 0.6) is 0 Å². The summed E-state index contributed by atoms with van der Waals surface area (Å²) in [5.74, 6) is 0.156. The average molecular weight is 439 g/mol. The number of hydrogen-bond donors (Lipinski definition) is 2. The fourth-order valence-electron chi connectivity index (χ4n) is 5.11. The molecule has 1 atom stereocenters. The van der Waals surface area contributed by atoms with Crippen molar-refractivity contribution >= 4 is 11.6 Å². The van der Waals surface area contributed by atoms with E-state index < -0.39 is 11.7 Å².